The van der Waals surface area contributed by atoms with Crippen LogP contribution in [0.25, 0.3) is 21.5 Å². The van der Waals surface area contributed by atoms with E-state index in [1.54, 1.807) is 0 Å². The van der Waals surface area contributed by atoms with Crippen molar-refractivity contribution in [1.82, 2.24) is 0 Å². The van der Waals surface area contributed by atoms with Crippen LogP contribution in [-0.2, 0) is 0 Å². The van der Waals surface area contributed by atoms with Gasteiger partial charge in [-0.3, -0.25) is 5.43 Å². The minimum absolute atomic E-state index is 0.857. The molecule has 0 unspecified atom stereocenters. The molecule has 1 N–H and O–H groups in total. The van der Waals surface area contributed by atoms with Crippen molar-refractivity contribution in [2.45, 2.75) is 0 Å². The lowest BCUT2D eigenvalue weighted by atomic mass is 10.1. The van der Waals surface area contributed by atoms with E-state index in [-0.39, 0.29) is 0 Å². The highest BCUT2D eigenvalue weighted by Crippen LogP contribution is 2.27. The minimum atomic E-state index is 0.857. The van der Waals surface area contributed by atoms with Crippen LogP contribution in [0, 0.1) is 0 Å². The summed E-state index contributed by atoms with van der Waals surface area (Å²) in [6, 6.07) is 28.5. The molecule has 0 spiro atoms. The van der Waals surface area contributed by atoms with Crippen molar-refractivity contribution in [3.63, 3.8) is 0 Å². The molecule has 4 rings (SSSR count). The highest BCUT2D eigenvalue weighted by molar-refractivity contribution is 5.94. The Morgan fingerprint density at radius 1 is 0.565 bits per heavy atom. The topological polar surface area (TPSA) is 36.8 Å². The third kappa shape index (κ3) is 2.64. The fourth-order valence-corrected chi connectivity index (χ4v) is 2.75. The predicted molar refractivity (Wildman–Crippen MR) is 96.0 cm³/mol. The zero-order chi connectivity index (χ0) is 15.5. The second-order valence-electron chi connectivity index (χ2n) is 5.34. The number of benzene rings is 4. The molecular formula is C20H15N3. The molecule has 23 heavy (non-hydrogen) atoms. The molecule has 0 aliphatic carbocycles. The van der Waals surface area contributed by atoms with E-state index >= 15 is 0 Å². The van der Waals surface area contributed by atoms with Crippen molar-refractivity contribution in [1.29, 1.82) is 0 Å². The summed E-state index contributed by atoms with van der Waals surface area (Å²) >= 11 is 0. The standard InChI is InChI=1S/C20H15N3/c1-3-11-17-15(7-1)9-5-13-19(17)21-23-22-20-14-6-10-16-8-2-4-12-18(16)20/h1-14H,(H,21,22). The van der Waals surface area contributed by atoms with Gasteiger partial charge in [0.2, 0.25) is 0 Å². The number of fused-ring (bicyclic) bond motifs is 2. The third-order valence-corrected chi connectivity index (χ3v) is 3.88. The van der Waals surface area contributed by atoms with Gasteiger partial charge in [0.1, 0.15) is 0 Å². The second-order valence-corrected chi connectivity index (χ2v) is 5.34. The summed E-state index contributed by atoms with van der Waals surface area (Å²) in [5.41, 5.74) is 4.87. The van der Waals surface area contributed by atoms with Gasteiger partial charge in [-0.25, -0.2) is 0 Å². The number of rotatable bonds is 3. The largest absolute Gasteiger partial charge is 0.259 e. The van der Waals surface area contributed by atoms with Crippen LogP contribution in [0.3, 0.4) is 0 Å². The monoisotopic (exact) mass is 297 g/mol. The Labute approximate surface area is 134 Å². The molecular weight excluding hydrogens is 282 g/mol. The summed E-state index contributed by atoms with van der Waals surface area (Å²) in [6.07, 6.45) is 0. The van der Waals surface area contributed by atoms with Crippen LogP contribution in [0.15, 0.2) is 95.3 Å². The molecule has 3 nitrogen and oxygen atoms in total. The van der Waals surface area contributed by atoms with Crippen LogP contribution >= 0.6 is 0 Å². The molecule has 0 fully saturated rings. The van der Waals surface area contributed by atoms with Crippen LogP contribution in [0.1, 0.15) is 0 Å². The lowest BCUT2D eigenvalue weighted by Gasteiger charge is -2.05. The van der Waals surface area contributed by atoms with Crippen molar-refractivity contribution >= 4 is 32.9 Å². The molecule has 0 bridgehead atoms. The van der Waals surface area contributed by atoms with Crippen LogP contribution in [0.2, 0.25) is 0 Å². The van der Waals surface area contributed by atoms with Crippen molar-refractivity contribution in [3.8, 4) is 0 Å². The molecule has 0 radical (unpaired) electrons. The lowest BCUT2D eigenvalue weighted by molar-refractivity contribution is 1.14. The average molecular weight is 297 g/mol. The van der Waals surface area contributed by atoms with Gasteiger partial charge in [-0.2, -0.15) is 0 Å². The molecule has 0 saturated carbocycles. The lowest BCUT2D eigenvalue weighted by Crippen LogP contribution is -1.87. The maximum atomic E-state index is 4.35. The first-order chi connectivity index (χ1) is 11.4. The molecule has 0 amide bonds. The van der Waals surface area contributed by atoms with Gasteiger partial charge in [-0.05, 0) is 22.9 Å². The van der Waals surface area contributed by atoms with Gasteiger partial charge in [-0.1, -0.05) is 78.0 Å². The molecule has 0 aromatic heterocycles. The molecule has 0 aliphatic heterocycles. The second kappa shape index (κ2) is 5.89. The third-order valence-electron chi connectivity index (χ3n) is 3.88. The van der Waals surface area contributed by atoms with E-state index in [1.807, 2.05) is 48.5 Å². The summed E-state index contributed by atoms with van der Waals surface area (Å²) in [4.78, 5) is 0. The molecule has 0 atom stereocenters. The molecule has 4 aromatic rings. The summed E-state index contributed by atoms with van der Waals surface area (Å²) in [5, 5.41) is 13.1. The van der Waals surface area contributed by atoms with Gasteiger partial charge in [0.05, 0.1) is 11.4 Å². The zero-order valence-electron chi connectivity index (χ0n) is 12.5. The quantitative estimate of drug-likeness (QED) is 0.360. The number of anilines is 1. The molecule has 3 heteroatoms. The van der Waals surface area contributed by atoms with Gasteiger partial charge < -0.3 is 0 Å². The Morgan fingerprint density at radius 3 is 2.00 bits per heavy atom. The van der Waals surface area contributed by atoms with Crippen LogP contribution < -0.4 is 5.43 Å². The SMILES string of the molecule is c1ccc2c(N=NNc3cccc4ccccc34)cccc2c1. The fraction of sp³-hybridized carbons (Fsp3) is 0. The van der Waals surface area contributed by atoms with E-state index in [9.17, 15) is 0 Å². The molecule has 4 aromatic carbocycles. The number of hydrogen-bond acceptors (Lipinski definition) is 2. The molecule has 0 aliphatic rings. The zero-order valence-corrected chi connectivity index (χ0v) is 12.5. The first kappa shape index (κ1) is 13.5. The van der Waals surface area contributed by atoms with Crippen molar-refractivity contribution in [2.24, 2.45) is 10.3 Å². The smallest absolute Gasteiger partial charge is 0.0952 e. The van der Waals surface area contributed by atoms with Crippen molar-refractivity contribution in [3.05, 3.63) is 84.9 Å². The van der Waals surface area contributed by atoms with Gasteiger partial charge in [0.15, 0.2) is 0 Å². The van der Waals surface area contributed by atoms with E-state index in [4.69, 9.17) is 0 Å². The Kier molecular flexibility index (Phi) is 3.45. The summed E-state index contributed by atoms with van der Waals surface area (Å²) in [6.45, 7) is 0. The molecule has 0 heterocycles. The first-order valence-electron chi connectivity index (χ1n) is 7.54. The highest BCUT2D eigenvalue weighted by Gasteiger charge is 2.00. The van der Waals surface area contributed by atoms with Crippen molar-refractivity contribution in [2.75, 3.05) is 5.43 Å². The van der Waals surface area contributed by atoms with E-state index < -0.39 is 0 Å². The number of nitrogens with one attached hydrogen (secondary N) is 1. The summed E-state index contributed by atoms with van der Waals surface area (Å²) < 4.78 is 0. The van der Waals surface area contributed by atoms with Crippen molar-refractivity contribution < 1.29 is 0 Å². The van der Waals surface area contributed by atoms with Crippen LogP contribution in [0.4, 0.5) is 11.4 Å². The molecule has 110 valence electrons. The van der Waals surface area contributed by atoms with E-state index in [1.165, 1.54) is 5.39 Å². The normalized spacial score (nSPS) is 11.3. The maximum Gasteiger partial charge on any atom is 0.0952 e. The van der Waals surface area contributed by atoms with Gasteiger partial charge >= 0.3 is 0 Å². The van der Waals surface area contributed by atoms with Gasteiger partial charge in [-0.15, -0.1) is 5.11 Å². The Balaban J connectivity index is 1.66. The Bertz CT molecular complexity index is 995. The van der Waals surface area contributed by atoms with E-state index in [0.717, 1.165) is 27.5 Å². The Morgan fingerprint density at radius 2 is 1.17 bits per heavy atom. The van der Waals surface area contributed by atoms with Gasteiger partial charge in [0.25, 0.3) is 0 Å². The highest BCUT2D eigenvalue weighted by atomic mass is 15.4. The predicted octanol–water partition coefficient (Wildman–Crippen LogP) is 6.10. The van der Waals surface area contributed by atoms with E-state index in [0.29, 0.717) is 0 Å². The van der Waals surface area contributed by atoms with Crippen LogP contribution in [0.5, 0.6) is 0 Å². The Hall–Kier alpha value is -3.20. The van der Waals surface area contributed by atoms with Gasteiger partial charge in [0, 0.05) is 10.8 Å². The maximum absolute atomic E-state index is 4.35. The first-order valence-corrected chi connectivity index (χ1v) is 7.54. The molecule has 0 saturated heterocycles. The average Bonchev–Trinajstić information content (AvgIpc) is 2.62. The number of hydrogen-bond donors (Lipinski definition) is 1. The van der Waals surface area contributed by atoms with E-state index in [2.05, 4.69) is 52.2 Å². The number of nitrogens with zero attached hydrogens (tertiary/aromatic N) is 2. The fourth-order valence-electron chi connectivity index (χ4n) is 2.75. The van der Waals surface area contributed by atoms with Crippen LogP contribution in [-0.4, -0.2) is 0 Å². The summed E-state index contributed by atoms with van der Waals surface area (Å²) in [7, 11) is 0. The summed E-state index contributed by atoms with van der Waals surface area (Å²) in [5.74, 6) is 0. The minimum Gasteiger partial charge on any atom is -0.259 e.